The van der Waals surface area contributed by atoms with Crippen molar-refractivity contribution in [1.82, 2.24) is 20.7 Å². The minimum Gasteiger partial charge on any atom is -0.353 e. The Labute approximate surface area is 152 Å². The Bertz CT molecular complexity index is 654. The van der Waals surface area contributed by atoms with E-state index in [1.54, 1.807) is 12.1 Å². The van der Waals surface area contributed by atoms with E-state index in [1.165, 1.54) is 17.9 Å². The molecule has 2 amide bonds. The summed E-state index contributed by atoms with van der Waals surface area (Å²) in [5.41, 5.74) is 4.77. The zero-order chi connectivity index (χ0) is 17.6. The van der Waals surface area contributed by atoms with Crippen LogP contribution < -0.4 is 10.7 Å². The maximum absolute atomic E-state index is 12.1. The van der Waals surface area contributed by atoms with Crippen LogP contribution in [0.1, 0.15) is 24.8 Å². The third-order valence-corrected chi connectivity index (χ3v) is 4.70. The lowest BCUT2D eigenvalue weighted by atomic mass is 10.1. The first kappa shape index (κ1) is 17.8. The molecule has 0 aliphatic carbocycles. The average molecular weight is 363 g/mol. The number of nitrogens with one attached hydrogen (secondary N) is 2. The number of carbonyl (C=O) groups is 2. The molecule has 0 unspecified atom stereocenters. The van der Waals surface area contributed by atoms with Gasteiger partial charge in [0.05, 0.1) is 5.70 Å². The molecule has 2 N–H and O–H groups in total. The van der Waals surface area contributed by atoms with Crippen LogP contribution in [0.3, 0.4) is 0 Å². The van der Waals surface area contributed by atoms with Crippen molar-refractivity contribution in [3.05, 3.63) is 40.9 Å². The molecule has 6 nitrogen and oxygen atoms in total. The van der Waals surface area contributed by atoms with Gasteiger partial charge in [-0.05, 0) is 49.7 Å². The lowest BCUT2D eigenvalue weighted by Gasteiger charge is -2.29. The van der Waals surface area contributed by atoms with Crippen LogP contribution in [0.5, 0.6) is 0 Å². The van der Waals surface area contributed by atoms with Crippen molar-refractivity contribution in [3.63, 3.8) is 0 Å². The Hall–Kier alpha value is -2.05. The molecule has 0 aromatic heterocycles. The number of hydrogen-bond donors (Lipinski definition) is 2. The normalized spacial score (nSPS) is 18.0. The molecule has 25 heavy (non-hydrogen) atoms. The molecule has 1 saturated heterocycles. The fourth-order valence-corrected chi connectivity index (χ4v) is 3.18. The SMILES string of the molecule is O=C(CN1NC(c2ccc(Cl)cc2)=CCC1=O)NCCN1CCCC1. The van der Waals surface area contributed by atoms with Gasteiger partial charge >= 0.3 is 0 Å². The molecule has 0 spiro atoms. The van der Waals surface area contributed by atoms with Crippen molar-refractivity contribution in [2.75, 3.05) is 32.7 Å². The molecule has 2 aliphatic heterocycles. The zero-order valence-electron chi connectivity index (χ0n) is 14.1. The van der Waals surface area contributed by atoms with Crippen molar-refractivity contribution >= 4 is 29.1 Å². The van der Waals surface area contributed by atoms with E-state index >= 15 is 0 Å². The van der Waals surface area contributed by atoms with Gasteiger partial charge in [0.25, 0.3) is 0 Å². The van der Waals surface area contributed by atoms with E-state index in [9.17, 15) is 9.59 Å². The lowest BCUT2D eigenvalue weighted by Crippen LogP contribution is -2.49. The maximum atomic E-state index is 12.1. The van der Waals surface area contributed by atoms with Gasteiger partial charge in [0.15, 0.2) is 0 Å². The molecular formula is C18H23ClN4O2. The zero-order valence-corrected chi connectivity index (χ0v) is 14.9. The number of carbonyl (C=O) groups excluding carboxylic acids is 2. The molecule has 7 heteroatoms. The summed E-state index contributed by atoms with van der Waals surface area (Å²) in [7, 11) is 0. The van der Waals surface area contributed by atoms with E-state index in [-0.39, 0.29) is 24.8 Å². The number of likely N-dealkylation sites (tertiary alicyclic amines) is 1. The average Bonchev–Trinajstić information content (AvgIpc) is 3.11. The number of halogens is 1. The summed E-state index contributed by atoms with van der Waals surface area (Å²) in [4.78, 5) is 26.5. The van der Waals surface area contributed by atoms with Crippen molar-refractivity contribution in [1.29, 1.82) is 0 Å². The standard InChI is InChI=1S/C18H23ClN4O2/c19-15-5-3-14(4-6-15)16-7-8-18(25)23(21-16)13-17(24)20-9-12-22-10-1-2-11-22/h3-7,21H,1-2,8-13H2,(H,20,24). The Kier molecular flexibility index (Phi) is 5.94. The molecule has 2 heterocycles. The van der Waals surface area contributed by atoms with Crippen LogP contribution in [0.4, 0.5) is 0 Å². The van der Waals surface area contributed by atoms with Gasteiger partial charge in [-0.25, -0.2) is 5.01 Å². The topological polar surface area (TPSA) is 64.7 Å². The van der Waals surface area contributed by atoms with E-state index < -0.39 is 0 Å². The fourth-order valence-electron chi connectivity index (χ4n) is 3.05. The van der Waals surface area contributed by atoms with Gasteiger partial charge < -0.3 is 10.2 Å². The summed E-state index contributed by atoms with van der Waals surface area (Å²) in [5.74, 6) is -0.273. The van der Waals surface area contributed by atoms with E-state index in [0.717, 1.165) is 30.9 Å². The lowest BCUT2D eigenvalue weighted by molar-refractivity contribution is -0.137. The molecule has 3 rings (SSSR count). The van der Waals surface area contributed by atoms with Crippen LogP contribution >= 0.6 is 11.6 Å². The Morgan fingerprint density at radius 1 is 1.20 bits per heavy atom. The first-order valence-corrected chi connectivity index (χ1v) is 9.02. The third kappa shape index (κ3) is 4.96. The Balaban J connectivity index is 1.49. The van der Waals surface area contributed by atoms with Gasteiger partial charge in [0.2, 0.25) is 11.8 Å². The van der Waals surface area contributed by atoms with Crippen molar-refractivity contribution in [2.24, 2.45) is 0 Å². The second-order valence-electron chi connectivity index (χ2n) is 6.32. The van der Waals surface area contributed by atoms with Gasteiger partial charge in [0, 0.05) is 24.5 Å². The predicted octanol–water partition coefficient (Wildman–Crippen LogP) is 1.63. The molecule has 134 valence electrons. The van der Waals surface area contributed by atoms with Crippen molar-refractivity contribution in [3.8, 4) is 0 Å². The number of nitrogens with zero attached hydrogens (tertiary/aromatic N) is 2. The summed E-state index contributed by atoms with van der Waals surface area (Å²) in [6, 6.07) is 7.35. The highest BCUT2D eigenvalue weighted by Crippen LogP contribution is 2.19. The van der Waals surface area contributed by atoms with Gasteiger partial charge in [-0.3, -0.25) is 15.0 Å². The summed E-state index contributed by atoms with van der Waals surface area (Å²) in [6.07, 6.45) is 4.57. The van der Waals surface area contributed by atoms with E-state index in [0.29, 0.717) is 11.6 Å². The highest BCUT2D eigenvalue weighted by molar-refractivity contribution is 6.30. The molecule has 0 bridgehead atoms. The van der Waals surface area contributed by atoms with E-state index in [4.69, 9.17) is 11.6 Å². The largest absolute Gasteiger partial charge is 0.353 e. The molecule has 1 fully saturated rings. The molecular weight excluding hydrogens is 340 g/mol. The third-order valence-electron chi connectivity index (χ3n) is 4.44. The second-order valence-corrected chi connectivity index (χ2v) is 6.76. The molecule has 0 saturated carbocycles. The monoisotopic (exact) mass is 362 g/mol. The van der Waals surface area contributed by atoms with Crippen LogP contribution in [-0.2, 0) is 9.59 Å². The number of rotatable bonds is 6. The summed E-state index contributed by atoms with van der Waals surface area (Å²) in [5, 5.41) is 4.92. The van der Waals surface area contributed by atoms with E-state index in [2.05, 4.69) is 15.6 Å². The molecule has 2 aliphatic rings. The van der Waals surface area contributed by atoms with Crippen molar-refractivity contribution in [2.45, 2.75) is 19.3 Å². The Morgan fingerprint density at radius 3 is 2.64 bits per heavy atom. The fraction of sp³-hybridized carbons (Fsp3) is 0.444. The minimum absolute atomic E-state index is 0.00373. The van der Waals surface area contributed by atoms with Crippen LogP contribution in [-0.4, -0.2) is 54.4 Å². The van der Waals surface area contributed by atoms with Crippen LogP contribution in [0.25, 0.3) is 5.70 Å². The highest BCUT2D eigenvalue weighted by atomic mass is 35.5. The summed E-state index contributed by atoms with van der Waals surface area (Å²) in [6.45, 7) is 3.70. The molecule has 0 radical (unpaired) electrons. The smallest absolute Gasteiger partial charge is 0.245 e. The van der Waals surface area contributed by atoms with Crippen molar-refractivity contribution < 1.29 is 9.59 Å². The van der Waals surface area contributed by atoms with Crippen LogP contribution in [0, 0.1) is 0 Å². The quantitative estimate of drug-likeness (QED) is 0.807. The molecule has 1 aromatic carbocycles. The number of benzene rings is 1. The number of hydrazine groups is 1. The highest BCUT2D eigenvalue weighted by Gasteiger charge is 2.22. The first-order chi connectivity index (χ1) is 12.1. The van der Waals surface area contributed by atoms with Crippen LogP contribution in [0.15, 0.2) is 30.3 Å². The van der Waals surface area contributed by atoms with Gasteiger partial charge in [-0.1, -0.05) is 23.7 Å². The van der Waals surface area contributed by atoms with Crippen LogP contribution in [0.2, 0.25) is 5.02 Å². The molecule has 1 aromatic rings. The Morgan fingerprint density at radius 2 is 1.92 bits per heavy atom. The second kappa shape index (κ2) is 8.36. The number of hydrogen-bond acceptors (Lipinski definition) is 4. The van der Waals surface area contributed by atoms with Gasteiger partial charge in [-0.2, -0.15) is 0 Å². The molecule has 0 atom stereocenters. The summed E-state index contributed by atoms with van der Waals surface area (Å²) >= 11 is 5.91. The maximum Gasteiger partial charge on any atom is 0.245 e. The minimum atomic E-state index is -0.155. The number of amides is 2. The predicted molar refractivity (Wildman–Crippen MR) is 97.6 cm³/mol. The van der Waals surface area contributed by atoms with E-state index in [1.807, 2.05) is 18.2 Å². The van der Waals surface area contributed by atoms with Gasteiger partial charge in [0.1, 0.15) is 6.54 Å². The van der Waals surface area contributed by atoms with Gasteiger partial charge in [-0.15, -0.1) is 0 Å². The first-order valence-electron chi connectivity index (χ1n) is 8.64. The summed E-state index contributed by atoms with van der Waals surface area (Å²) < 4.78 is 0.